The van der Waals surface area contributed by atoms with E-state index >= 15 is 0 Å². The Morgan fingerprint density at radius 2 is 2.04 bits per heavy atom. The van der Waals surface area contributed by atoms with Gasteiger partial charge in [-0.2, -0.15) is 18.3 Å². The first-order valence-electron chi connectivity index (χ1n) is 8.83. The van der Waals surface area contributed by atoms with Crippen molar-refractivity contribution in [1.29, 1.82) is 0 Å². The third kappa shape index (κ3) is 3.17. The van der Waals surface area contributed by atoms with E-state index < -0.39 is 11.7 Å². The average molecular weight is 389 g/mol. The number of carbonyl (C=O) groups excluding carboxylic acids is 1. The molecule has 1 aromatic carbocycles. The SMILES string of the molecule is C=CC(=O)N1CCC(n2nc(-c3ccc(C(F)(F)F)cc3)c3c2CN=CN3)C1. The number of alkyl halides is 3. The lowest BCUT2D eigenvalue weighted by Gasteiger charge is -2.17. The molecule has 9 heteroatoms. The first kappa shape index (κ1) is 18.3. The van der Waals surface area contributed by atoms with Gasteiger partial charge in [0.25, 0.3) is 0 Å². The summed E-state index contributed by atoms with van der Waals surface area (Å²) in [6, 6.07) is 4.93. The van der Waals surface area contributed by atoms with E-state index in [1.807, 2.05) is 4.68 Å². The quantitative estimate of drug-likeness (QED) is 0.818. The van der Waals surface area contributed by atoms with Crippen LogP contribution in [0.5, 0.6) is 0 Å². The maximum absolute atomic E-state index is 12.8. The second-order valence-electron chi connectivity index (χ2n) is 6.73. The van der Waals surface area contributed by atoms with Crippen molar-refractivity contribution in [2.45, 2.75) is 25.2 Å². The summed E-state index contributed by atoms with van der Waals surface area (Å²) in [4.78, 5) is 17.8. The minimum Gasteiger partial charge on any atom is -0.343 e. The van der Waals surface area contributed by atoms with Crippen LogP contribution in [-0.4, -0.2) is 40.0 Å². The van der Waals surface area contributed by atoms with Crippen LogP contribution in [0.4, 0.5) is 18.9 Å². The molecule has 1 aromatic heterocycles. The molecule has 0 saturated carbocycles. The number of benzene rings is 1. The van der Waals surface area contributed by atoms with E-state index in [9.17, 15) is 18.0 Å². The van der Waals surface area contributed by atoms with Crippen LogP contribution >= 0.6 is 0 Å². The van der Waals surface area contributed by atoms with Gasteiger partial charge in [0.2, 0.25) is 5.91 Å². The predicted molar refractivity (Wildman–Crippen MR) is 98.9 cm³/mol. The maximum Gasteiger partial charge on any atom is 0.416 e. The van der Waals surface area contributed by atoms with Gasteiger partial charge >= 0.3 is 6.18 Å². The van der Waals surface area contributed by atoms with E-state index in [-0.39, 0.29) is 11.9 Å². The van der Waals surface area contributed by atoms with Gasteiger partial charge in [-0.15, -0.1) is 0 Å². The fraction of sp³-hybridized carbons (Fsp3) is 0.316. The summed E-state index contributed by atoms with van der Waals surface area (Å²) in [6.07, 6.45) is -0.790. The molecule has 3 heterocycles. The lowest BCUT2D eigenvalue weighted by molar-refractivity contribution is -0.137. The number of amides is 1. The normalized spacial score (nSPS) is 18.7. The van der Waals surface area contributed by atoms with Crippen molar-refractivity contribution < 1.29 is 18.0 Å². The van der Waals surface area contributed by atoms with E-state index in [4.69, 9.17) is 0 Å². The Morgan fingerprint density at radius 3 is 2.71 bits per heavy atom. The third-order valence-corrected chi connectivity index (χ3v) is 5.03. The number of carbonyl (C=O) groups is 1. The molecule has 1 saturated heterocycles. The van der Waals surface area contributed by atoms with Gasteiger partial charge in [-0.3, -0.25) is 14.5 Å². The maximum atomic E-state index is 12.8. The molecule has 28 heavy (non-hydrogen) atoms. The summed E-state index contributed by atoms with van der Waals surface area (Å²) in [5.74, 6) is -0.123. The molecule has 0 bridgehead atoms. The van der Waals surface area contributed by atoms with Gasteiger partial charge in [0.05, 0.1) is 35.9 Å². The molecule has 0 aliphatic carbocycles. The summed E-state index contributed by atoms with van der Waals surface area (Å²) in [5, 5.41) is 7.75. The minimum atomic E-state index is -4.38. The number of nitrogens with one attached hydrogen (secondary N) is 1. The minimum absolute atomic E-state index is 0.0176. The highest BCUT2D eigenvalue weighted by molar-refractivity contribution is 5.88. The molecule has 6 nitrogen and oxygen atoms in total. The number of anilines is 1. The number of nitrogens with zero attached hydrogens (tertiary/aromatic N) is 4. The van der Waals surface area contributed by atoms with Crippen LogP contribution in [0.25, 0.3) is 11.3 Å². The number of aliphatic imine (C=N–C) groups is 1. The molecule has 4 rings (SSSR count). The van der Waals surface area contributed by atoms with E-state index in [0.29, 0.717) is 30.9 Å². The Bertz CT molecular complexity index is 946. The summed E-state index contributed by atoms with van der Waals surface area (Å²) >= 11 is 0. The molecule has 146 valence electrons. The van der Waals surface area contributed by atoms with E-state index in [1.165, 1.54) is 18.2 Å². The monoisotopic (exact) mass is 389 g/mol. The Hall–Kier alpha value is -3.10. The zero-order chi connectivity index (χ0) is 19.9. The van der Waals surface area contributed by atoms with Gasteiger partial charge in [-0.25, -0.2) is 0 Å². The zero-order valence-corrected chi connectivity index (χ0v) is 14.9. The van der Waals surface area contributed by atoms with Crippen molar-refractivity contribution in [1.82, 2.24) is 14.7 Å². The van der Waals surface area contributed by atoms with Crippen LogP contribution in [0, 0.1) is 0 Å². The van der Waals surface area contributed by atoms with E-state index in [2.05, 4.69) is 22.0 Å². The third-order valence-electron chi connectivity index (χ3n) is 5.03. The van der Waals surface area contributed by atoms with E-state index in [0.717, 1.165) is 29.9 Å². The number of likely N-dealkylation sites (tertiary alicyclic amines) is 1. The smallest absolute Gasteiger partial charge is 0.343 e. The summed E-state index contributed by atoms with van der Waals surface area (Å²) in [6.45, 7) is 5.05. The van der Waals surface area contributed by atoms with Crippen molar-refractivity contribution >= 4 is 17.9 Å². The van der Waals surface area contributed by atoms with Crippen LogP contribution in [0.1, 0.15) is 23.7 Å². The zero-order valence-electron chi connectivity index (χ0n) is 14.9. The van der Waals surface area contributed by atoms with Gasteiger partial charge in [-0.1, -0.05) is 18.7 Å². The second-order valence-corrected chi connectivity index (χ2v) is 6.73. The van der Waals surface area contributed by atoms with E-state index in [1.54, 1.807) is 11.2 Å². The molecular weight excluding hydrogens is 371 g/mol. The summed E-state index contributed by atoms with van der Waals surface area (Å²) < 4.78 is 40.4. The molecular formula is C19H18F3N5O. The average Bonchev–Trinajstić information content (AvgIpc) is 3.32. The highest BCUT2D eigenvalue weighted by Crippen LogP contribution is 2.37. The lowest BCUT2D eigenvalue weighted by atomic mass is 10.1. The molecule has 0 radical (unpaired) electrons. The first-order valence-corrected chi connectivity index (χ1v) is 8.83. The number of fused-ring (bicyclic) bond motifs is 1. The molecule has 2 aliphatic heterocycles. The van der Waals surface area contributed by atoms with Gasteiger partial charge in [0.1, 0.15) is 5.69 Å². The predicted octanol–water partition coefficient (Wildman–Crippen LogP) is 3.48. The Morgan fingerprint density at radius 1 is 1.29 bits per heavy atom. The number of halogens is 3. The Balaban J connectivity index is 1.69. The molecule has 0 spiro atoms. The molecule has 1 atom stereocenters. The number of rotatable bonds is 3. The standard InChI is InChI=1S/C19H18F3N5O/c1-2-16(28)26-8-7-14(10-26)27-15-9-23-11-24-18(15)17(25-27)12-3-5-13(6-4-12)19(20,21)22/h2-6,11,14H,1,7-10H2,(H,23,24). The van der Waals surface area contributed by atoms with Crippen LogP contribution in [0.3, 0.4) is 0 Å². The summed E-state index contributed by atoms with van der Waals surface area (Å²) in [5.41, 5.74) is 2.05. The summed E-state index contributed by atoms with van der Waals surface area (Å²) in [7, 11) is 0. The molecule has 1 N–H and O–H groups in total. The van der Waals surface area contributed by atoms with Crippen LogP contribution in [-0.2, 0) is 17.5 Å². The van der Waals surface area contributed by atoms with Gasteiger partial charge in [0, 0.05) is 18.7 Å². The fourth-order valence-corrected chi connectivity index (χ4v) is 3.61. The molecule has 1 unspecified atom stereocenters. The van der Waals surface area contributed by atoms with Gasteiger partial charge in [0.15, 0.2) is 0 Å². The molecule has 1 amide bonds. The van der Waals surface area contributed by atoms with Gasteiger partial charge < -0.3 is 10.2 Å². The molecule has 1 fully saturated rings. The van der Waals surface area contributed by atoms with Crippen molar-refractivity contribution in [3.63, 3.8) is 0 Å². The van der Waals surface area contributed by atoms with Crippen LogP contribution in [0.15, 0.2) is 41.9 Å². The first-order chi connectivity index (χ1) is 13.4. The fourth-order valence-electron chi connectivity index (χ4n) is 3.61. The van der Waals surface area contributed by atoms with Crippen molar-refractivity contribution in [2.75, 3.05) is 18.4 Å². The van der Waals surface area contributed by atoms with Crippen molar-refractivity contribution in [2.24, 2.45) is 4.99 Å². The highest BCUT2D eigenvalue weighted by Gasteiger charge is 2.32. The number of hydrogen-bond donors (Lipinski definition) is 1. The topological polar surface area (TPSA) is 62.5 Å². The molecule has 2 aliphatic rings. The van der Waals surface area contributed by atoms with Gasteiger partial charge in [-0.05, 0) is 24.6 Å². The highest BCUT2D eigenvalue weighted by atomic mass is 19.4. The van der Waals surface area contributed by atoms with Crippen LogP contribution in [0.2, 0.25) is 0 Å². The van der Waals surface area contributed by atoms with Crippen LogP contribution < -0.4 is 5.32 Å². The number of hydrogen-bond acceptors (Lipinski definition) is 4. The molecule has 2 aromatic rings. The van der Waals surface area contributed by atoms with Crippen molar-refractivity contribution in [3.05, 3.63) is 48.2 Å². The Labute approximate surface area is 159 Å². The number of aromatic nitrogens is 2. The second kappa shape index (κ2) is 6.81. The largest absolute Gasteiger partial charge is 0.416 e. The van der Waals surface area contributed by atoms with Crippen molar-refractivity contribution in [3.8, 4) is 11.3 Å². The Kier molecular flexibility index (Phi) is 4.44. The lowest BCUT2D eigenvalue weighted by Crippen LogP contribution is -2.27.